The highest BCUT2D eigenvalue weighted by Crippen LogP contribution is 2.39. The van der Waals surface area contributed by atoms with Crippen LogP contribution in [0.3, 0.4) is 0 Å². The lowest BCUT2D eigenvalue weighted by molar-refractivity contribution is -0.134. The van der Waals surface area contributed by atoms with E-state index in [1.54, 1.807) is 6.08 Å². The molecule has 3 heteroatoms. The molecule has 0 atom stereocenters. The molecule has 1 heterocycles. The fourth-order valence-corrected chi connectivity index (χ4v) is 4.17. The van der Waals surface area contributed by atoms with Crippen LogP contribution in [0.2, 0.25) is 0 Å². The summed E-state index contributed by atoms with van der Waals surface area (Å²) in [5.41, 5.74) is 1.27. The number of benzene rings is 1. The standard InChI is InChI=1S/C20H27NO2/c1-23-19(22)11-12-20(17-7-3-2-4-8-17)13-15-21(16-14-20)18-9-5-6-10-18/h2-4,7-8,11-12,18H,5-6,9-10,13-16H2,1H3. The third kappa shape index (κ3) is 3.66. The lowest BCUT2D eigenvalue weighted by Crippen LogP contribution is -2.45. The lowest BCUT2D eigenvalue weighted by atomic mass is 9.72. The summed E-state index contributed by atoms with van der Waals surface area (Å²) < 4.78 is 4.79. The number of ether oxygens (including phenoxy) is 1. The Hall–Kier alpha value is -1.61. The van der Waals surface area contributed by atoms with Gasteiger partial charge in [-0.1, -0.05) is 49.2 Å². The van der Waals surface area contributed by atoms with Crippen molar-refractivity contribution in [3.63, 3.8) is 0 Å². The third-order valence-electron chi connectivity index (χ3n) is 5.62. The molecule has 1 aliphatic carbocycles. The zero-order chi connectivity index (χ0) is 16.1. The van der Waals surface area contributed by atoms with Gasteiger partial charge in [0.25, 0.3) is 0 Å². The first-order chi connectivity index (χ1) is 11.2. The van der Waals surface area contributed by atoms with Crippen molar-refractivity contribution in [3.05, 3.63) is 48.0 Å². The van der Waals surface area contributed by atoms with Crippen molar-refractivity contribution in [2.45, 2.75) is 50.0 Å². The van der Waals surface area contributed by atoms with Crippen molar-refractivity contribution in [3.8, 4) is 0 Å². The quantitative estimate of drug-likeness (QED) is 0.627. The highest BCUT2D eigenvalue weighted by atomic mass is 16.5. The summed E-state index contributed by atoms with van der Waals surface area (Å²) in [5, 5.41) is 0. The molecule has 0 spiro atoms. The molecule has 3 rings (SSSR count). The first-order valence-electron chi connectivity index (χ1n) is 8.80. The molecule has 1 saturated carbocycles. The summed E-state index contributed by atoms with van der Waals surface area (Å²) in [6.07, 6.45) is 11.3. The number of methoxy groups -OCH3 is 1. The van der Waals surface area contributed by atoms with Gasteiger partial charge in [0.1, 0.15) is 0 Å². The molecule has 2 fully saturated rings. The SMILES string of the molecule is COC(=O)C=CC1(c2ccccc2)CCN(C2CCCC2)CC1. The number of likely N-dealkylation sites (tertiary alicyclic amines) is 1. The normalized spacial score (nSPS) is 22.5. The van der Waals surface area contributed by atoms with E-state index in [9.17, 15) is 4.79 Å². The molecule has 3 nitrogen and oxygen atoms in total. The van der Waals surface area contributed by atoms with Gasteiger partial charge in [0.15, 0.2) is 0 Å². The predicted octanol–water partition coefficient (Wildman–Crippen LogP) is 3.69. The smallest absolute Gasteiger partial charge is 0.330 e. The van der Waals surface area contributed by atoms with E-state index in [1.807, 2.05) is 0 Å². The van der Waals surface area contributed by atoms with E-state index < -0.39 is 0 Å². The summed E-state index contributed by atoms with van der Waals surface area (Å²) in [6.45, 7) is 2.23. The van der Waals surface area contributed by atoms with Gasteiger partial charge in [-0.05, 0) is 44.3 Å². The van der Waals surface area contributed by atoms with Gasteiger partial charge in [-0.15, -0.1) is 0 Å². The van der Waals surface area contributed by atoms with Crippen molar-refractivity contribution in [2.75, 3.05) is 20.2 Å². The summed E-state index contributed by atoms with van der Waals surface area (Å²) >= 11 is 0. The van der Waals surface area contributed by atoms with Crippen LogP contribution >= 0.6 is 0 Å². The number of allylic oxidation sites excluding steroid dienone is 1. The average Bonchev–Trinajstić information content (AvgIpc) is 3.15. The maximum Gasteiger partial charge on any atom is 0.330 e. The van der Waals surface area contributed by atoms with Crippen molar-refractivity contribution in [1.82, 2.24) is 4.90 Å². The number of hydrogen-bond acceptors (Lipinski definition) is 3. The molecular formula is C20H27NO2. The van der Waals surface area contributed by atoms with Crippen LogP contribution in [0.5, 0.6) is 0 Å². The lowest BCUT2D eigenvalue weighted by Gasteiger charge is -2.42. The monoisotopic (exact) mass is 313 g/mol. The number of carbonyl (C=O) groups is 1. The van der Waals surface area contributed by atoms with Crippen LogP contribution in [0.4, 0.5) is 0 Å². The first kappa shape index (κ1) is 16.3. The van der Waals surface area contributed by atoms with Crippen LogP contribution in [0, 0.1) is 0 Å². The molecule has 23 heavy (non-hydrogen) atoms. The van der Waals surface area contributed by atoms with E-state index in [4.69, 9.17) is 4.74 Å². The zero-order valence-corrected chi connectivity index (χ0v) is 14.0. The molecule has 0 unspecified atom stereocenters. The van der Waals surface area contributed by atoms with Gasteiger partial charge in [0.05, 0.1) is 7.11 Å². The molecule has 0 radical (unpaired) electrons. The van der Waals surface area contributed by atoms with Crippen molar-refractivity contribution < 1.29 is 9.53 Å². The number of carbonyl (C=O) groups excluding carboxylic acids is 1. The van der Waals surface area contributed by atoms with Crippen LogP contribution < -0.4 is 0 Å². The number of nitrogens with zero attached hydrogens (tertiary/aromatic N) is 1. The predicted molar refractivity (Wildman–Crippen MR) is 92.3 cm³/mol. The summed E-state index contributed by atoms with van der Waals surface area (Å²) in [5.74, 6) is -0.265. The van der Waals surface area contributed by atoms with Crippen LogP contribution in [-0.2, 0) is 14.9 Å². The van der Waals surface area contributed by atoms with E-state index in [1.165, 1.54) is 38.4 Å². The number of piperidine rings is 1. The molecule has 2 aliphatic rings. The van der Waals surface area contributed by atoms with Crippen LogP contribution in [0.1, 0.15) is 44.1 Å². The van der Waals surface area contributed by atoms with E-state index in [-0.39, 0.29) is 11.4 Å². The van der Waals surface area contributed by atoms with Crippen LogP contribution in [0.25, 0.3) is 0 Å². The van der Waals surface area contributed by atoms with Crippen molar-refractivity contribution in [2.24, 2.45) is 0 Å². The van der Waals surface area contributed by atoms with Crippen LogP contribution in [-0.4, -0.2) is 37.1 Å². The second kappa shape index (κ2) is 7.31. The second-order valence-electron chi connectivity index (χ2n) is 6.85. The Kier molecular flexibility index (Phi) is 5.16. The first-order valence-corrected chi connectivity index (χ1v) is 8.80. The van der Waals surface area contributed by atoms with E-state index in [2.05, 4.69) is 41.3 Å². The molecule has 1 aromatic rings. The molecule has 124 valence electrons. The zero-order valence-electron chi connectivity index (χ0n) is 14.0. The van der Waals surface area contributed by atoms with Gasteiger partial charge in [-0.3, -0.25) is 0 Å². The molecule has 1 aromatic carbocycles. The highest BCUT2D eigenvalue weighted by molar-refractivity contribution is 5.82. The second-order valence-corrected chi connectivity index (χ2v) is 6.85. The summed E-state index contributed by atoms with van der Waals surface area (Å²) in [4.78, 5) is 14.2. The Bertz CT molecular complexity index is 538. The van der Waals surface area contributed by atoms with Gasteiger partial charge in [-0.2, -0.15) is 0 Å². The van der Waals surface area contributed by atoms with Gasteiger partial charge in [0, 0.05) is 17.5 Å². The number of esters is 1. The van der Waals surface area contributed by atoms with Gasteiger partial charge >= 0.3 is 5.97 Å². The topological polar surface area (TPSA) is 29.5 Å². The Morgan fingerprint density at radius 1 is 1.17 bits per heavy atom. The van der Waals surface area contributed by atoms with Gasteiger partial charge in [0.2, 0.25) is 0 Å². The van der Waals surface area contributed by atoms with E-state index in [0.717, 1.165) is 32.0 Å². The van der Waals surface area contributed by atoms with E-state index in [0.29, 0.717) is 0 Å². The minimum Gasteiger partial charge on any atom is -0.466 e. The largest absolute Gasteiger partial charge is 0.466 e. The van der Waals surface area contributed by atoms with Gasteiger partial charge in [-0.25, -0.2) is 4.79 Å². The summed E-state index contributed by atoms with van der Waals surface area (Å²) in [6, 6.07) is 11.4. The van der Waals surface area contributed by atoms with Crippen molar-refractivity contribution >= 4 is 5.97 Å². The number of hydrogen-bond donors (Lipinski definition) is 0. The molecule has 0 N–H and O–H groups in total. The third-order valence-corrected chi connectivity index (χ3v) is 5.62. The van der Waals surface area contributed by atoms with Crippen LogP contribution in [0.15, 0.2) is 42.5 Å². The Morgan fingerprint density at radius 2 is 1.83 bits per heavy atom. The molecule has 0 bridgehead atoms. The minimum absolute atomic E-state index is 0.0371. The Morgan fingerprint density at radius 3 is 2.43 bits per heavy atom. The maximum absolute atomic E-state index is 11.6. The Labute approximate surface area is 139 Å². The molecule has 1 aliphatic heterocycles. The van der Waals surface area contributed by atoms with Crippen molar-refractivity contribution in [1.29, 1.82) is 0 Å². The number of rotatable bonds is 4. The Balaban J connectivity index is 1.77. The van der Waals surface area contributed by atoms with E-state index >= 15 is 0 Å². The average molecular weight is 313 g/mol. The minimum atomic E-state index is -0.265. The molecule has 0 amide bonds. The molecular weight excluding hydrogens is 286 g/mol. The fraction of sp³-hybridized carbons (Fsp3) is 0.550. The maximum atomic E-state index is 11.6. The van der Waals surface area contributed by atoms with Gasteiger partial charge < -0.3 is 9.64 Å². The fourth-order valence-electron chi connectivity index (χ4n) is 4.17. The molecule has 0 aromatic heterocycles. The highest BCUT2D eigenvalue weighted by Gasteiger charge is 2.36. The summed E-state index contributed by atoms with van der Waals surface area (Å²) in [7, 11) is 1.44. The molecule has 1 saturated heterocycles.